The zero-order valence-electron chi connectivity index (χ0n) is 25.5. The number of hydrogen-bond donors (Lipinski definition) is 2. The normalized spacial score (nSPS) is 13.5. The number of fused-ring (bicyclic) bond motifs is 2. The average Bonchev–Trinajstić information content (AvgIpc) is 3.87. The third-order valence-corrected chi connectivity index (χ3v) is 8.31. The number of likely N-dealkylation sites (tertiary alicyclic amines) is 1. The van der Waals surface area contributed by atoms with Crippen LogP contribution in [0.2, 0.25) is 0 Å². The van der Waals surface area contributed by atoms with Crippen LogP contribution in [0.15, 0.2) is 91.4 Å². The number of halogens is 1. The summed E-state index contributed by atoms with van der Waals surface area (Å²) < 4.78 is 26.7. The van der Waals surface area contributed by atoms with E-state index >= 15 is 0 Å². The molecule has 0 unspecified atom stereocenters. The van der Waals surface area contributed by atoms with E-state index in [1.54, 1.807) is 18.6 Å². The number of aromatic nitrogens is 7. The number of hydrogen-bond acceptors (Lipinski definition) is 8. The molecule has 47 heavy (non-hydrogen) atoms. The van der Waals surface area contributed by atoms with Crippen LogP contribution >= 0.6 is 0 Å². The van der Waals surface area contributed by atoms with Gasteiger partial charge in [-0.2, -0.15) is 5.10 Å². The second-order valence-corrected chi connectivity index (χ2v) is 11.6. The van der Waals surface area contributed by atoms with Crippen LogP contribution < -0.4 is 9.47 Å². The highest BCUT2D eigenvalue weighted by molar-refractivity contribution is 5.95. The molecule has 0 amide bonds. The molecule has 0 radical (unpaired) electrons. The number of pyridine rings is 3. The number of aromatic amines is 2. The Labute approximate surface area is 269 Å². The van der Waals surface area contributed by atoms with Crippen molar-refractivity contribution in [2.75, 3.05) is 26.2 Å². The van der Waals surface area contributed by atoms with Crippen LogP contribution in [0.3, 0.4) is 0 Å². The molecule has 8 rings (SSSR count). The van der Waals surface area contributed by atoms with E-state index in [1.165, 1.54) is 25.0 Å². The summed E-state index contributed by atoms with van der Waals surface area (Å²) in [5, 5.41) is 7.61. The molecule has 0 aliphatic carbocycles. The van der Waals surface area contributed by atoms with Crippen molar-refractivity contribution in [3.8, 4) is 45.5 Å². The number of imidazole rings is 1. The molecule has 6 heterocycles. The predicted octanol–water partition coefficient (Wildman–Crippen LogP) is 6.82. The van der Waals surface area contributed by atoms with E-state index in [-0.39, 0.29) is 0 Å². The van der Waals surface area contributed by atoms with E-state index in [0.717, 1.165) is 41.8 Å². The van der Waals surface area contributed by atoms with Crippen molar-refractivity contribution in [1.29, 1.82) is 0 Å². The number of rotatable bonds is 10. The van der Waals surface area contributed by atoms with Crippen LogP contribution in [0.1, 0.15) is 18.4 Å². The summed E-state index contributed by atoms with van der Waals surface area (Å²) in [6.45, 7) is 3.93. The zero-order valence-corrected chi connectivity index (χ0v) is 25.5. The maximum atomic E-state index is 14.8. The SMILES string of the molecule is Fc1cc(OCCN2CCCC2)cc(-c2nccc3[nH]c(-c4n[nH]c5ccc(-c6cncc(OCc7ccccc7)c6)nc45)nc23)c1. The van der Waals surface area contributed by atoms with Crippen molar-refractivity contribution >= 4 is 22.1 Å². The lowest BCUT2D eigenvalue weighted by atomic mass is 10.1. The van der Waals surface area contributed by atoms with E-state index in [2.05, 4.69) is 30.0 Å². The Bertz CT molecular complexity index is 2180. The minimum atomic E-state index is -0.396. The second-order valence-electron chi connectivity index (χ2n) is 11.6. The Morgan fingerprint density at radius 1 is 0.787 bits per heavy atom. The zero-order chi connectivity index (χ0) is 31.6. The third kappa shape index (κ3) is 6.12. The van der Waals surface area contributed by atoms with Crippen molar-refractivity contribution in [3.05, 3.63) is 103 Å². The van der Waals surface area contributed by atoms with Crippen LogP contribution in [0.5, 0.6) is 11.5 Å². The molecule has 1 aliphatic rings. The van der Waals surface area contributed by atoms with E-state index in [0.29, 0.717) is 64.2 Å². The highest BCUT2D eigenvalue weighted by Crippen LogP contribution is 2.33. The number of nitrogens with one attached hydrogen (secondary N) is 2. The van der Waals surface area contributed by atoms with Crippen molar-refractivity contribution in [3.63, 3.8) is 0 Å². The first-order valence-electron chi connectivity index (χ1n) is 15.6. The molecule has 11 heteroatoms. The van der Waals surface area contributed by atoms with Crippen LogP contribution in [-0.2, 0) is 6.61 Å². The molecule has 1 aliphatic heterocycles. The molecule has 7 aromatic rings. The number of ether oxygens (including phenoxy) is 2. The van der Waals surface area contributed by atoms with E-state index in [9.17, 15) is 4.39 Å². The summed E-state index contributed by atoms with van der Waals surface area (Å²) >= 11 is 0. The van der Waals surface area contributed by atoms with Gasteiger partial charge in [0.25, 0.3) is 0 Å². The Balaban J connectivity index is 1.08. The molecule has 2 N–H and O–H groups in total. The largest absolute Gasteiger partial charge is 0.492 e. The standard InChI is InChI=1S/C36H31FN8O2/c37-26-16-24(17-27(19-26)46-15-14-45-12-4-5-13-45)32-33-30(10-11-39-32)41-36(42-33)35-34-31(43-44-35)9-8-29(40-34)25-18-28(21-38-20-25)47-22-23-6-2-1-3-7-23/h1-3,6-11,16-21H,4-5,12-15,22H2,(H,41,42)(H,43,44). The van der Waals surface area contributed by atoms with Crippen LogP contribution in [0, 0.1) is 5.82 Å². The molecular formula is C36H31FN8O2. The fourth-order valence-corrected chi connectivity index (χ4v) is 5.94. The maximum absolute atomic E-state index is 14.8. The van der Waals surface area contributed by atoms with Gasteiger partial charge in [-0.25, -0.2) is 14.4 Å². The first-order valence-corrected chi connectivity index (χ1v) is 15.6. The summed E-state index contributed by atoms with van der Waals surface area (Å²) in [5.74, 6) is 1.23. The number of benzene rings is 2. The molecule has 0 spiro atoms. The molecule has 5 aromatic heterocycles. The lowest BCUT2D eigenvalue weighted by Gasteiger charge is -2.15. The summed E-state index contributed by atoms with van der Waals surface area (Å²) in [6.07, 6.45) is 7.56. The third-order valence-electron chi connectivity index (χ3n) is 8.31. The van der Waals surface area contributed by atoms with Crippen LogP contribution in [-0.4, -0.2) is 66.3 Å². The van der Waals surface area contributed by atoms with Gasteiger partial charge in [-0.1, -0.05) is 30.3 Å². The molecule has 0 saturated carbocycles. The average molecular weight is 627 g/mol. The quantitative estimate of drug-likeness (QED) is 0.170. The summed E-state index contributed by atoms with van der Waals surface area (Å²) in [4.78, 5) is 24.5. The van der Waals surface area contributed by atoms with Crippen LogP contribution in [0.4, 0.5) is 4.39 Å². The lowest BCUT2D eigenvalue weighted by Crippen LogP contribution is -2.25. The van der Waals surface area contributed by atoms with Gasteiger partial charge in [0.15, 0.2) is 11.5 Å². The Morgan fingerprint density at radius 2 is 1.64 bits per heavy atom. The first kappa shape index (κ1) is 28.8. The van der Waals surface area contributed by atoms with Gasteiger partial charge in [0.05, 0.1) is 28.6 Å². The van der Waals surface area contributed by atoms with Gasteiger partial charge in [0.2, 0.25) is 0 Å². The van der Waals surface area contributed by atoms with Gasteiger partial charge < -0.3 is 14.5 Å². The van der Waals surface area contributed by atoms with Crippen molar-refractivity contribution in [2.45, 2.75) is 19.4 Å². The topological polar surface area (TPSA) is 118 Å². The monoisotopic (exact) mass is 626 g/mol. The Morgan fingerprint density at radius 3 is 2.53 bits per heavy atom. The Kier molecular flexibility index (Phi) is 7.72. The summed E-state index contributed by atoms with van der Waals surface area (Å²) in [7, 11) is 0. The summed E-state index contributed by atoms with van der Waals surface area (Å²) in [5.41, 5.74) is 7.01. The molecule has 1 saturated heterocycles. The minimum absolute atomic E-state index is 0.396. The number of H-pyrrole nitrogens is 2. The molecule has 1 fully saturated rings. The van der Waals surface area contributed by atoms with Crippen molar-refractivity contribution < 1.29 is 13.9 Å². The van der Waals surface area contributed by atoms with Gasteiger partial charge in [-0.15, -0.1) is 0 Å². The fraction of sp³-hybridized carbons (Fsp3) is 0.194. The van der Waals surface area contributed by atoms with Gasteiger partial charge in [-0.05, 0) is 67.9 Å². The van der Waals surface area contributed by atoms with Crippen LogP contribution in [0.25, 0.3) is 56.1 Å². The second kappa shape index (κ2) is 12.6. The molecule has 0 bridgehead atoms. The minimum Gasteiger partial charge on any atom is -0.492 e. The highest BCUT2D eigenvalue weighted by atomic mass is 19.1. The molecule has 2 aromatic carbocycles. The number of nitrogens with zero attached hydrogens (tertiary/aromatic N) is 6. The smallest absolute Gasteiger partial charge is 0.161 e. The predicted molar refractivity (Wildman–Crippen MR) is 177 cm³/mol. The van der Waals surface area contributed by atoms with Gasteiger partial charge >= 0.3 is 0 Å². The van der Waals surface area contributed by atoms with Gasteiger partial charge in [-0.3, -0.25) is 20.0 Å². The van der Waals surface area contributed by atoms with E-state index in [4.69, 9.17) is 19.4 Å². The molecule has 10 nitrogen and oxygen atoms in total. The van der Waals surface area contributed by atoms with E-state index in [1.807, 2.05) is 60.7 Å². The van der Waals surface area contributed by atoms with Gasteiger partial charge in [0, 0.05) is 36.1 Å². The van der Waals surface area contributed by atoms with Crippen molar-refractivity contribution in [2.24, 2.45) is 0 Å². The lowest BCUT2D eigenvalue weighted by molar-refractivity contribution is 0.237. The molecular weight excluding hydrogens is 595 g/mol. The van der Waals surface area contributed by atoms with E-state index < -0.39 is 5.82 Å². The van der Waals surface area contributed by atoms with Crippen molar-refractivity contribution in [1.82, 2.24) is 40.0 Å². The van der Waals surface area contributed by atoms with Gasteiger partial charge in [0.1, 0.15) is 41.6 Å². The summed E-state index contributed by atoms with van der Waals surface area (Å²) in [6, 6.07) is 22.3. The molecule has 234 valence electrons. The Hall–Kier alpha value is -5.68. The highest BCUT2D eigenvalue weighted by Gasteiger charge is 2.19. The first-order chi connectivity index (χ1) is 23.2. The molecule has 0 atom stereocenters. The fourth-order valence-electron chi connectivity index (χ4n) is 5.94. The maximum Gasteiger partial charge on any atom is 0.161 e.